The third-order valence-corrected chi connectivity index (χ3v) is 5.25. The number of guanidine groups is 1. The molecule has 1 atom stereocenters. The van der Waals surface area contributed by atoms with Gasteiger partial charge in [0.05, 0.1) is 0 Å². The summed E-state index contributed by atoms with van der Waals surface area (Å²) < 4.78 is 5.58. The predicted molar refractivity (Wildman–Crippen MR) is 106 cm³/mol. The number of carbonyl (C=O) groups is 1. The van der Waals surface area contributed by atoms with E-state index in [4.69, 9.17) is 4.74 Å². The van der Waals surface area contributed by atoms with Gasteiger partial charge in [0, 0.05) is 51.4 Å². The number of hydrogen-bond acceptors (Lipinski definition) is 3. The van der Waals surface area contributed by atoms with Gasteiger partial charge < -0.3 is 20.3 Å². The van der Waals surface area contributed by atoms with Crippen LogP contribution < -0.4 is 10.6 Å². The molecule has 0 aromatic rings. The first-order chi connectivity index (χ1) is 12.7. The molecule has 6 heteroatoms. The molecule has 1 saturated carbocycles. The number of likely N-dealkylation sites (tertiary alicyclic amines) is 1. The molecule has 150 valence electrons. The Morgan fingerprint density at radius 2 is 1.92 bits per heavy atom. The summed E-state index contributed by atoms with van der Waals surface area (Å²) >= 11 is 0. The van der Waals surface area contributed by atoms with Crippen molar-refractivity contribution in [1.29, 1.82) is 0 Å². The first-order valence-electron chi connectivity index (χ1n) is 10.7. The lowest BCUT2D eigenvalue weighted by Gasteiger charge is -2.21. The smallest absolute Gasteiger partial charge is 0.225 e. The van der Waals surface area contributed by atoms with Gasteiger partial charge in [0.1, 0.15) is 0 Å². The highest BCUT2D eigenvalue weighted by atomic mass is 16.5. The van der Waals surface area contributed by atoms with Crippen LogP contribution in [0.1, 0.15) is 65.2 Å². The van der Waals surface area contributed by atoms with Crippen molar-refractivity contribution in [3.63, 3.8) is 0 Å². The topological polar surface area (TPSA) is 66.0 Å². The second-order valence-electron chi connectivity index (χ2n) is 7.48. The zero-order valence-corrected chi connectivity index (χ0v) is 16.8. The minimum Gasteiger partial charge on any atom is -0.381 e. The van der Waals surface area contributed by atoms with Crippen LogP contribution in [0.2, 0.25) is 0 Å². The predicted octanol–water partition coefficient (Wildman–Crippen LogP) is 2.54. The summed E-state index contributed by atoms with van der Waals surface area (Å²) in [5, 5.41) is 6.82. The molecule has 0 aromatic carbocycles. The number of hydrogen-bond donors (Lipinski definition) is 2. The van der Waals surface area contributed by atoms with E-state index in [1.807, 2.05) is 0 Å². The highest BCUT2D eigenvalue weighted by molar-refractivity contribution is 5.81. The van der Waals surface area contributed by atoms with Crippen LogP contribution in [0.5, 0.6) is 0 Å². The molecule has 2 fully saturated rings. The summed E-state index contributed by atoms with van der Waals surface area (Å²) in [6.45, 7) is 9.16. The average molecular weight is 367 g/mol. The average Bonchev–Trinajstić information content (AvgIpc) is 3.32. The summed E-state index contributed by atoms with van der Waals surface area (Å²) in [6.07, 6.45) is 8.84. The van der Waals surface area contributed by atoms with E-state index in [0.29, 0.717) is 11.9 Å². The SMILES string of the molecule is CCCCOCCCN=C(NCC)NC1CCN(C(=O)C2CCCC2)C1. The number of carbonyl (C=O) groups excluding carboxylic acids is 1. The molecule has 1 unspecified atom stereocenters. The van der Waals surface area contributed by atoms with Gasteiger partial charge in [0.25, 0.3) is 0 Å². The molecule has 1 aliphatic heterocycles. The van der Waals surface area contributed by atoms with Gasteiger partial charge in [-0.1, -0.05) is 26.2 Å². The molecule has 0 spiro atoms. The Bertz CT molecular complexity index is 436. The Kier molecular flexibility index (Phi) is 9.82. The number of amides is 1. The van der Waals surface area contributed by atoms with Gasteiger partial charge in [0.2, 0.25) is 5.91 Å². The zero-order chi connectivity index (χ0) is 18.6. The zero-order valence-electron chi connectivity index (χ0n) is 16.8. The summed E-state index contributed by atoms with van der Waals surface area (Å²) in [4.78, 5) is 19.3. The molecule has 0 bridgehead atoms. The molecule has 0 aromatic heterocycles. The van der Waals surface area contributed by atoms with Gasteiger partial charge in [-0.05, 0) is 39.0 Å². The molecule has 1 aliphatic carbocycles. The maximum Gasteiger partial charge on any atom is 0.225 e. The fraction of sp³-hybridized carbons (Fsp3) is 0.900. The molecule has 1 amide bonds. The maximum absolute atomic E-state index is 12.6. The fourth-order valence-corrected chi connectivity index (χ4v) is 3.73. The Morgan fingerprint density at radius 1 is 1.15 bits per heavy atom. The van der Waals surface area contributed by atoms with Crippen molar-refractivity contribution < 1.29 is 9.53 Å². The van der Waals surface area contributed by atoms with Gasteiger partial charge in [0.15, 0.2) is 5.96 Å². The molecule has 2 N–H and O–H groups in total. The molecule has 1 saturated heterocycles. The van der Waals surface area contributed by atoms with E-state index < -0.39 is 0 Å². The van der Waals surface area contributed by atoms with Crippen LogP contribution in [-0.2, 0) is 9.53 Å². The minimum atomic E-state index is 0.281. The first-order valence-corrected chi connectivity index (χ1v) is 10.7. The lowest BCUT2D eigenvalue weighted by molar-refractivity contribution is -0.134. The summed E-state index contributed by atoms with van der Waals surface area (Å²) in [5.41, 5.74) is 0. The van der Waals surface area contributed by atoms with Crippen molar-refractivity contribution in [2.24, 2.45) is 10.9 Å². The number of nitrogens with zero attached hydrogens (tertiary/aromatic N) is 2. The highest BCUT2D eigenvalue weighted by Gasteiger charge is 2.32. The summed E-state index contributed by atoms with van der Waals surface area (Å²) in [7, 11) is 0. The normalized spacial score (nSPS) is 21.4. The van der Waals surface area contributed by atoms with Crippen LogP contribution in [0.25, 0.3) is 0 Å². The van der Waals surface area contributed by atoms with Crippen LogP contribution in [0.4, 0.5) is 0 Å². The number of nitrogens with one attached hydrogen (secondary N) is 2. The molecular weight excluding hydrogens is 328 g/mol. The summed E-state index contributed by atoms with van der Waals surface area (Å²) in [5.74, 6) is 1.52. The van der Waals surface area contributed by atoms with Crippen molar-refractivity contribution in [3.8, 4) is 0 Å². The third kappa shape index (κ3) is 7.14. The van der Waals surface area contributed by atoms with Crippen molar-refractivity contribution >= 4 is 11.9 Å². The van der Waals surface area contributed by atoms with Crippen LogP contribution in [0, 0.1) is 5.92 Å². The van der Waals surface area contributed by atoms with Crippen LogP contribution in [0.15, 0.2) is 4.99 Å². The van der Waals surface area contributed by atoms with Gasteiger partial charge in [-0.25, -0.2) is 0 Å². The van der Waals surface area contributed by atoms with Gasteiger partial charge >= 0.3 is 0 Å². The number of aliphatic imine (C=N–C) groups is 1. The largest absolute Gasteiger partial charge is 0.381 e. The van der Waals surface area contributed by atoms with Gasteiger partial charge in [-0.15, -0.1) is 0 Å². The Hall–Kier alpha value is -1.30. The van der Waals surface area contributed by atoms with Gasteiger partial charge in [-0.3, -0.25) is 9.79 Å². The van der Waals surface area contributed by atoms with E-state index in [1.54, 1.807) is 0 Å². The van der Waals surface area contributed by atoms with Crippen LogP contribution >= 0.6 is 0 Å². The molecule has 26 heavy (non-hydrogen) atoms. The highest BCUT2D eigenvalue weighted by Crippen LogP contribution is 2.27. The minimum absolute atomic E-state index is 0.281. The second kappa shape index (κ2) is 12.2. The van der Waals surface area contributed by atoms with Gasteiger partial charge in [-0.2, -0.15) is 0 Å². The number of ether oxygens (including phenoxy) is 1. The lowest BCUT2D eigenvalue weighted by Crippen LogP contribution is -2.45. The van der Waals surface area contributed by atoms with E-state index in [9.17, 15) is 4.79 Å². The molecule has 6 nitrogen and oxygen atoms in total. The molecule has 0 radical (unpaired) electrons. The van der Waals surface area contributed by atoms with E-state index >= 15 is 0 Å². The van der Waals surface area contributed by atoms with Crippen molar-refractivity contribution in [2.75, 3.05) is 39.4 Å². The van der Waals surface area contributed by atoms with E-state index in [-0.39, 0.29) is 5.92 Å². The lowest BCUT2D eigenvalue weighted by atomic mass is 10.1. The second-order valence-corrected chi connectivity index (χ2v) is 7.48. The maximum atomic E-state index is 12.6. The standard InChI is InChI=1S/C20H38N4O2/c1-3-5-14-26-15-8-12-22-20(21-4-2)23-18-11-13-24(16-18)19(25)17-9-6-7-10-17/h17-18H,3-16H2,1-2H3,(H2,21,22,23). The molecular formula is C20H38N4O2. The molecule has 2 rings (SSSR count). The van der Waals surface area contributed by atoms with E-state index in [2.05, 4.69) is 34.4 Å². The quantitative estimate of drug-likeness (QED) is 0.354. The van der Waals surface area contributed by atoms with E-state index in [0.717, 1.165) is 77.5 Å². The van der Waals surface area contributed by atoms with E-state index in [1.165, 1.54) is 19.3 Å². The van der Waals surface area contributed by atoms with Crippen molar-refractivity contribution in [3.05, 3.63) is 0 Å². The summed E-state index contributed by atoms with van der Waals surface area (Å²) in [6, 6.07) is 0.305. The van der Waals surface area contributed by atoms with Crippen molar-refractivity contribution in [1.82, 2.24) is 15.5 Å². The number of unbranched alkanes of at least 4 members (excludes halogenated alkanes) is 1. The monoisotopic (exact) mass is 366 g/mol. The number of rotatable bonds is 10. The Labute approximate surface area is 159 Å². The van der Waals surface area contributed by atoms with Crippen LogP contribution in [-0.4, -0.2) is 62.2 Å². The third-order valence-electron chi connectivity index (χ3n) is 5.25. The Morgan fingerprint density at radius 3 is 2.65 bits per heavy atom. The fourth-order valence-electron chi connectivity index (χ4n) is 3.73. The first kappa shape index (κ1) is 21.0. The Balaban J connectivity index is 1.69. The molecule has 2 aliphatic rings. The van der Waals surface area contributed by atoms with Crippen LogP contribution in [0.3, 0.4) is 0 Å². The van der Waals surface area contributed by atoms with Crippen molar-refractivity contribution in [2.45, 2.75) is 71.3 Å². The molecule has 1 heterocycles.